The Kier molecular flexibility index (Phi) is 8.35. The molecule has 0 spiro atoms. The third kappa shape index (κ3) is 6.26. The van der Waals surface area contributed by atoms with Crippen molar-refractivity contribution in [3.8, 4) is 0 Å². The summed E-state index contributed by atoms with van der Waals surface area (Å²) < 4.78 is 5.36. The SMILES string of the molecule is COCC1(CNC(=O)CSCC(=O)N2CCCCC2)CCNCC1. The van der Waals surface area contributed by atoms with Gasteiger partial charge in [-0.05, 0) is 45.2 Å². The van der Waals surface area contributed by atoms with Crippen molar-refractivity contribution >= 4 is 23.6 Å². The van der Waals surface area contributed by atoms with Crippen LogP contribution in [0.25, 0.3) is 0 Å². The number of hydrogen-bond acceptors (Lipinski definition) is 5. The zero-order chi connectivity index (χ0) is 17.3. The lowest BCUT2D eigenvalue weighted by atomic mass is 9.79. The van der Waals surface area contributed by atoms with Crippen LogP contribution in [0.15, 0.2) is 0 Å². The summed E-state index contributed by atoms with van der Waals surface area (Å²) in [6.07, 6.45) is 5.46. The van der Waals surface area contributed by atoms with E-state index < -0.39 is 0 Å². The van der Waals surface area contributed by atoms with Crippen molar-refractivity contribution < 1.29 is 14.3 Å². The molecule has 2 aliphatic heterocycles. The average molecular weight is 358 g/mol. The predicted molar refractivity (Wildman–Crippen MR) is 97.2 cm³/mol. The molecule has 2 fully saturated rings. The molecule has 7 heteroatoms. The standard InChI is InChI=1S/C17H31N3O3S/c1-23-14-17(5-7-18-8-6-17)13-19-15(21)11-24-12-16(22)20-9-3-2-4-10-20/h18H,2-14H2,1H3,(H,19,21). The topological polar surface area (TPSA) is 70.7 Å². The fourth-order valence-electron chi connectivity index (χ4n) is 3.44. The highest BCUT2D eigenvalue weighted by atomic mass is 32.2. The minimum Gasteiger partial charge on any atom is -0.384 e. The molecule has 0 aromatic carbocycles. The lowest BCUT2D eigenvalue weighted by molar-refractivity contribution is -0.129. The van der Waals surface area contributed by atoms with E-state index in [9.17, 15) is 9.59 Å². The summed E-state index contributed by atoms with van der Waals surface area (Å²) in [5.74, 6) is 0.934. The van der Waals surface area contributed by atoms with Gasteiger partial charge in [-0.3, -0.25) is 9.59 Å². The van der Waals surface area contributed by atoms with Crippen molar-refractivity contribution in [2.24, 2.45) is 5.41 Å². The fraction of sp³-hybridized carbons (Fsp3) is 0.882. The quantitative estimate of drug-likeness (QED) is 0.674. The van der Waals surface area contributed by atoms with Gasteiger partial charge in [0.1, 0.15) is 0 Å². The Bertz CT molecular complexity index is 402. The minimum absolute atomic E-state index is 0.0143. The molecule has 0 radical (unpaired) electrons. The summed E-state index contributed by atoms with van der Waals surface area (Å²) in [6.45, 7) is 5.02. The Hall–Kier alpha value is -0.790. The van der Waals surface area contributed by atoms with E-state index in [2.05, 4.69) is 10.6 Å². The van der Waals surface area contributed by atoms with Gasteiger partial charge in [0.05, 0.1) is 18.1 Å². The van der Waals surface area contributed by atoms with Crippen molar-refractivity contribution in [3.05, 3.63) is 0 Å². The van der Waals surface area contributed by atoms with Crippen LogP contribution in [0.4, 0.5) is 0 Å². The van der Waals surface area contributed by atoms with Crippen LogP contribution in [0.2, 0.25) is 0 Å². The summed E-state index contributed by atoms with van der Waals surface area (Å²) in [6, 6.07) is 0. The van der Waals surface area contributed by atoms with Crippen LogP contribution in [0.1, 0.15) is 32.1 Å². The van der Waals surface area contributed by atoms with Crippen LogP contribution in [0.5, 0.6) is 0 Å². The number of methoxy groups -OCH3 is 1. The monoisotopic (exact) mass is 357 g/mol. The molecular formula is C17H31N3O3S. The number of piperidine rings is 2. The Morgan fingerprint density at radius 1 is 1.17 bits per heavy atom. The van der Waals surface area contributed by atoms with E-state index in [1.54, 1.807) is 7.11 Å². The van der Waals surface area contributed by atoms with Crippen molar-refractivity contribution in [1.82, 2.24) is 15.5 Å². The van der Waals surface area contributed by atoms with Crippen LogP contribution in [0.3, 0.4) is 0 Å². The highest BCUT2D eigenvalue weighted by Crippen LogP contribution is 2.28. The second kappa shape index (κ2) is 10.3. The fourth-order valence-corrected chi connectivity index (χ4v) is 4.18. The van der Waals surface area contributed by atoms with Crippen molar-refractivity contribution in [1.29, 1.82) is 0 Å². The van der Waals surface area contributed by atoms with Gasteiger partial charge in [0, 0.05) is 32.2 Å². The third-order valence-corrected chi connectivity index (χ3v) is 5.86. The van der Waals surface area contributed by atoms with E-state index >= 15 is 0 Å². The highest BCUT2D eigenvalue weighted by molar-refractivity contribution is 8.00. The number of likely N-dealkylation sites (tertiary alicyclic amines) is 1. The molecule has 0 aromatic heterocycles. The molecular weight excluding hydrogens is 326 g/mol. The van der Waals surface area contributed by atoms with E-state index in [-0.39, 0.29) is 17.2 Å². The smallest absolute Gasteiger partial charge is 0.232 e. The molecule has 2 N–H and O–H groups in total. The van der Waals surface area contributed by atoms with E-state index in [0.29, 0.717) is 24.7 Å². The van der Waals surface area contributed by atoms with Gasteiger partial charge >= 0.3 is 0 Å². The van der Waals surface area contributed by atoms with Crippen LogP contribution in [-0.4, -0.2) is 74.7 Å². The first-order valence-electron chi connectivity index (χ1n) is 8.97. The minimum atomic E-state index is 0.0143. The van der Waals surface area contributed by atoms with E-state index in [4.69, 9.17) is 4.74 Å². The summed E-state index contributed by atoms with van der Waals surface area (Å²) in [5, 5.41) is 6.39. The van der Waals surface area contributed by atoms with Gasteiger partial charge < -0.3 is 20.3 Å². The summed E-state index contributed by atoms with van der Waals surface area (Å²) in [7, 11) is 1.72. The normalized spacial score (nSPS) is 20.6. The lowest BCUT2D eigenvalue weighted by Gasteiger charge is -2.37. The maximum Gasteiger partial charge on any atom is 0.232 e. The molecule has 24 heavy (non-hydrogen) atoms. The maximum absolute atomic E-state index is 12.1. The molecule has 2 heterocycles. The van der Waals surface area contributed by atoms with Crippen LogP contribution >= 0.6 is 11.8 Å². The number of carbonyl (C=O) groups is 2. The lowest BCUT2D eigenvalue weighted by Crippen LogP contribution is -2.47. The maximum atomic E-state index is 12.1. The van der Waals surface area contributed by atoms with E-state index in [1.165, 1.54) is 18.2 Å². The van der Waals surface area contributed by atoms with E-state index in [0.717, 1.165) is 51.9 Å². The number of nitrogens with one attached hydrogen (secondary N) is 2. The molecule has 2 aliphatic rings. The van der Waals surface area contributed by atoms with Crippen molar-refractivity contribution in [3.63, 3.8) is 0 Å². The molecule has 138 valence electrons. The molecule has 6 nitrogen and oxygen atoms in total. The van der Waals surface area contributed by atoms with Gasteiger partial charge in [0.25, 0.3) is 0 Å². The van der Waals surface area contributed by atoms with Crippen molar-refractivity contribution in [2.75, 3.05) is 57.9 Å². The molecule has 0 aliphatic carbocycles. The largest absolute Gasteiger partial charge is 0.384 e. The summed E-state index contributed by atoms with van der Waals surface area (Å²) >= 11 is 1.42. The molecule has 0 bridgehead atoms. The van der Waals surface area contributed by atoms with Gasteiger partial charge in [-0.2, -0.15) is 0 Å². The Morgan fingerprint density at radius 3 is 2.54 bits per heavy atom. The number of thioether (sulfide) groups is 1. The number of amides is 2. The Balaban J connectivity index is 1.64. The number of carbonyl (C=O) groups excluding carboxylic acids is 2. The molecule has 0 aromatic rings. The summed E-state index contributed by atoms with van der Waals surface area (Å²) in [5.41, 5.74) is 0.0456. The van der Waals surface area contributed by atoms with Crippen LogP contribution < -0.4 is 10.6 Å². The number of hydrogen-bond donors (Lipinski definition) is 2. The van der Waals surface area contributed by atoms with E-state index in [1.807, 2.05) is 4.90 Å². The molecule has 0 atom stereocenters. The zero-order valence-electron chi connectivity index (χ0n) is 14.8. The number of nitrogens with zero attached hydrogens (tertiary/aromatic N) is 1. The van der Waals surface area contributed by atoms with Gasteiger partial charge in [-0.25, -0.2) is 0 Å². The number of rotatable bonds is 8. The second-order valence-electron chi connectivity index (χ2n) is 6.89. The van der Waals surface area contributed by atoms with Gasteiger partial charge in [0.2, 0.25) is 11.8 Å². The van der Waals surface area contributed by atoms with Crippen LogP contribution in [-0.2, 0) is 14.3 Å². The molecule has 2 rings (SSSR count). The first-order valence-corrected chi connectivity index (χ1v) is 10.1. The Morgan fingerprint density at radius 2 is 1.88 bits per heavy atom. The van der Waals surface area contributed by atoms with Gasteiger partial charge in [-0.1, -0.05) is 0 Å². The molecule has 0 unspecified atom stereocenters. The first-order chi connectivity index (χ1) is 11.7. The second-order valence-corrected chi connectivity index (χ2v) is 7.88. The molecule has 2 amide bonds. The van der Waals surface area contributed by atoms with Gasteiger partial charge in [0.15, 0.2) is 0 Å². The number of ether oxygens (including phenoxy) is 1. The predicted octanol–water partition coefficient (Wildman–Crippen LogP) is 0.865. The molecule has 0 saturated carbocycles. The van der Waals surface area contributed by atoms with Crippen molar-refractivity contribution in [2.45, 2.75) is 32.1 Å². The third-order valence-electron chi connectivity index (χ3n) is 4.94. The first kappa shape index (κ1) is 19.5. The highest BCUT2D eigenvalue weighted by Gasteiger charge is 2.32. The molecule has 2 saturated heterocycles. The zero-order valence-corrected chi connectivity index (χ0v) is 15.6. The van der Waals surface area contributed by atoms with Crippen LogP contribution in [0, 0.1) is 5.41 Å². The average Bonchev–Trinajstić information content (AvgIpc) is 2.62. The summed E-state index contributed by atoms with van der Waals surface area (Å²) in [4.78, 5) is 26.1. The van der Waals surface area contributed by atoms with Gasteiger partial charge in [-0.15, -0.1) is 11.8 Å². The Labute approximate surface area is 149 Å².